The van der Waals surface area contributed by atoms with Crippen LogP contribution in [0.4, 0.5) is 19.1 Å². The maximum Gasteiger partial charge on any atom is 0.416 e. The van der Waals surface area contributed by atoms with E-state index in [1.807, 2.05) is 30.3 Å². The lowest BCUT2D eigenvalue weighted by atomic mass is 10.2. The van der Waals surface area contributed by atoms with E-state index in [0.29, 0.717) is 22.8 Å². The summed E-state index contributed by atoms with van der Waals surface area (Å²) in [4.78, 5) is 32.0. The quantitative estimate of drug-likeness (QED) is 0.354. The molecular formula is C25H21F3N4O2S. The number of amides is 2. The molecule has 0 aliphatic rings. The lowest BCUT2D eigenvalue weighted by Crippen LogP contribution is -2.37. The highest BCUT2D eigenvalue weighted by atomic mass is 32.1. The summed E-state index contributed by atoms with van der Waals surface area (Å²) in [6, 6.07) is 17.2. The van der Waals surface area contributed by atoms with E-state index in [2.05, 4.69) is 10.3 Å². The first-order valence-corrected chi connectivity index (χ1v) is 11.6. The van der Waals surface area contributed by atoms with Crippen molar-refractivity contribution in [2.24, 2.45) is 0 Å². The SMILES string of the molecule is CCN(CC(=O)Nc1nc(-c2ccccc2)cn1-c1ccc(C(F)(F)F)cc1)C(=O)c1cccs1. The van der Waals surface area contributed by atoms with Gasteiger partial charge in [0.2, 0.25) is 11.9 Å². The van der Waals surface area contributed by atoms with Gasteiger partial charge in [0.25, 0.3) is 5.91 Å². The first-order chi connectivity index (χ1) is 16.8. The van der Waals surface area contributed by atoms with Gasteiger partial charge in [0.1, 0.15) is 6.54 Å². The van der Waals surface area contributed by atoms with Crippen LogP contribution in [0.25, 0.3) is 16.9 Å². The molecule has 0 fully saturated rings. The summed E-state index contributed by atoms with van der Waals surface area (Å²) in [6.45, 7) is 1.90. The highest BCUT2D eigenvalue weighted by Crippen LogP contribution is 2.31. The number of nitrogens with one attached hydrogen (secondary N) is 1. The third-order valence-corrected chi connectivity index (χ3v) is 6.09. The molecule has 0 spiro atoms. The maximum absolute atomic E-state index is 13.0. The molecule has 35 heavy (non-hydrogen) atoms. The third kappa shape index (κ3) is 5.60. The number of rotatable bonds is 7. The number of anilines is 1. The van der Waals surface area contributed by atoms with Gasteiger partial charge in [-0.1, -0.05) is 36.4 Å². The Balaban J connectivity index is 1.62. The van der Waals surface area contributed by atoms with Crippen LogP contribution >= 0.6 is 11.3 Å². The second-order valence-electron chi connectivity index (χ2n) is 7.58. The molecule has 180 valence electrons. The predicted octanol–water partition coefficient (Wildman–Crippen LogP) is 5.72. The van der Waals surface area contributed by atoms with Gasteiger partial charge in [0, 0.05) is 24.0 Å². The fourth-order valence-corrected chi connectivity index (χ4v) is 4.14. The van der Waals surface area contributed by atoms with Gasteiger partial charge >= 0.3 is 6.18 Å². The number of likely N-dealkylation sites (N-methyl/N-ethyl adjacent to an activating group) is 1. The van der Waals surface area contributed by atoms with Crippen molar-refractivity contribution >= 4 is 29.1 Å². The van der Waals surface area contributed by atoms with Gasteiger partial charge < -0.3 is 4.90 Å². The van der Waals surface area contributed by atoms with E-state index in [0.717, 1.165) is 17.7 Å². The number of hydrogen-bond acceptors (Lipinski definition) is 4. The molecule has 0 aliphatic heterocycles. The number of thiophene rings is 1. The number of alkyl halides is 3. The fraction of sp³-hybridized carbons (Fsp3) is 0.160. The van der Waals surface area contributed by atoms with Crippen molar-refractivity contribution in [3.8, 4) is 16.9 Å². The monoisotopic (exact) mass is 498 g/mol. The Morgan fingerprint density at radius 3 is 2.34 bits per heavy atom. The number of hydrogen-bond donors (Lipinski definition) is 1. The van der Waals surface area contributed by atoms with E-state index in [4.69, 9.17) is 0 Å². The minimum absolute atomic E-state index is 0.133. The molecule has 2 heterocycles. The van der Waals surface area contributed by atoms with Gasteiger partial charge in [0.05, 0.1) is 16.1 Å². The Morgan fingerprint density at radius 1 is 1.03 bits per heavy atom. The molecule has 0 unspecified atom stereocenters. The minimum Gasteiger partial charge on any atom is -0.329 e. The van der Waals surface area contributed by atoms with Gasteiger partial charge in [-0.2, -0.15) is 13.2 Å². The number of benzene rings is 2. The number of carbonyl (C=O) groups excluding carboxylic acids is 2. The van der Waals surface area contributed by atoms with E-state index in [1.165, 1.54) is 32.9 Å². The molecule has 0 bridgehead atoms. The Labute approximate surface area is 203 Å². The number of halogens is 3. The van der Waals surface area contributed by atoms with Crippen LogP contribution in [-0.4, -0.2) is 39.4 Å². The standard InChI is InChI=1S/C25H21F3N4O2S/c1-2-31(23(34)21-9-6-14-35-21)16-22(33)30-24-29-20(17-7-4-3-5-8-17)15-32(24)19-12-10-18(11-13-19)25(26,27)28/h3-15H,2,16H2,1H3,(H,29,30,33). The Hall–Kier alpha value is -3.92. The lowest BCUT2D eigenvalue weighted by Gasteiger charge is -2.19. The van der Waals surface area contributed by atoms with E-state index in [9.17, 15) is 22.8 Å². The van der Waals surface area contributed by atoms with Crippen LogP contribution in [0.1, 0.15) is 22.2 Å². The van der Waals surface area contributed by atoms with Gasteiger partial charge in [-0.3, -0.25) is 19.5 Å². The topological polar surface area (TPSA) is 67.2 Å². The third-order valence-electron chi connectivity index (χ3n) is 5.23. The molecule has 4 rings (SSSR count). The van der Waals surface area contributed by atoms with Crippen molar-refractivity contribution in [3.63, 3.8) is 0 Å². The first-order valence-electron chi connectivity index (χ1n) is 10.7. The summed E-state index contributed by atoms with van der Waals surface area (Å²) >= 11 is 1.29. The van der Waals surface area contributed by atoms with Crippen LogP contribution in [0.2, 0.25) is 0 Å². The number of nitrogens with zero attached hydrogens (tertiary/aromatic N) is 3. The van der Waals surface area contributed by atoms with Crippen LogP contribution in [0, 0.1) is 0 Å². The van der Waals surface area contributed by atoms with E-state index in [-0.39, 0.29) is 18.4 Å². The zero-order valence-corrected chi connectivity index (χ0v) is 19.4. The molecular weight excluding hydrogens is 477 g/mol. The van der Waals surface area contributed by atoms with E-state index in [1.54, 1.807) is 30.6 Å². The van der Waals surface area contributed by atoms with Gasteiger partial charge in [-0.15, -0.1) is 11.3 Å². The van der Waals surface area contributed by atoms with Gasteiger partial charge in [-0.05, 0) is 42.6 Å². The fourth-order valence-electron chi connectivity index (χ4n) is 3.45. The van der Waals surface area contributed by atoms with Gasteiger partial charge in [-0.25, -0.2) is 4.98 Å². The van der Waals surface area contributed by atoms with E-state index >= 15 is 0 Å². The summed E-state index contributed by atoms with van der Waals surface area (Å²) < 4.78 is 40.6. The Morgan fingerprint density at radius 2 is 1.74 bits per heavy atom. The van der Waals surface area contributed by atoms with Crippen LogP contribution in [-0.2, 0) is 11.0 Å². The van der Waals surface area contributed by atoms with Crippen LogP contribution in [0.3, 0.4) is 0 Å². The van der Waals surface area contributed by atoms with Crippen molar-refractivity contribution in [3.05, 3.63) is 88.7 Å². The van der Waals surface area contributed by atoms with Crippen molar-refractivity contribution in [1.29, 1.82) is 0 Å². The molecule has 2 aromatic heterocycles. The molecule has 1 N–H and O–H groups in total. The molecule has 0 aliphatic carbocycles. The Bertz CT molecular complexity index is 1300. The van der Waals surface area contributed by atoms with Crippen molar-refractivity contribution in [2.75, 3.05) is 18.4 Å². The largest absolute Gasteiger partial charge is 0.416 e. The minimum atomic E-state index is -4.46. The predicted molar refractivity (Wildman–Crippen MR) is 129 cm³/mol. The summed E-state index contributed by atoms with van der Waals surface area (Å²) in [7, 11) is 0. The average molecular weight is 499 g/mol. The Kier molecular flexibility index (Phi) is 7.02. The molecule has 2 aromatic carbocycles. The lowest BCUT2D eigenvalue weighted by molar-refractivity contribution is -0.137. The van der Waals surface area contributed by atoms with Crippen molar-refractivity contribution in [2.45, 2.75) is 13.1 Å². The molecule has 0 saturated carbocycles. The molecule has 2 amide bonds. The zero-order chi connectivity index (χ0) is 25.0. The molecule has 4 aromatic rings. The van der Waals surface area contributed by atoms with Crippen molar-refractivity contribution in [1.82, 2.24) is 14.5 Å². The zero-order valence-electron chi connectivity index (χ0n) is 18.6. The normalized spacial score (nSPS) is 11.3. The average Bonchev–Trinajstić information content (AvgIpc) is 3.53. The summed E-state index contributed by atoms with van der Waals surface area (Å²) in [5.74, 6) is -0.600. The second-order valence-corrected chi connectivity index (χ2v) is 8.52. The first kappa shape index (κ1) is 24.2. The smallest absolute Gasteiger partial charge is 0.329 e. The highest BCUT2D eigenvalue weighted by Gasteiger charge is 2.30. The van der Waals surface area contributed by atoms with Crippen LogP contribution in [0.15, 0.2) is 78.3 Å². The molecule has 10 heteroatoms. The molecule has 0 atom stereocenters. The second kappa shape index (κ2) is 10.1. The summed E-state index contributed by atoms with van der Waals surface area (Å²) in [5, 5.41) is 4.49. The number of carbonyl (C=O) groups is 2. The summed E-state index contributed by atoms with van der Waals surface area (Å²) in [6.07, 6.45) is -2.82. The van der Waals surface area contributed by atoms with Crippen LogP contribution in [0.5, 0.6) is 0 Å². The van der Waals surface area contributed by atoms with Crippen molar-refractivity contribution < 1.29 is 22.8 Å². The molecule has 0 saturated heterocycles. The molecule has 0 radical (unpaired) electrons. The van der Waals surface area contributed by atoms with Gasteiger partial charge in [0.15, 0.2) is 0 Å². The van der Waals surface area contributed by atoms with E-state index < -0.39 is 17.6 Å². The maximum atomic E-state index is 13.0. The number of aromatic nitrogens is 2. The highest BCUT2D eigenvalue weighted by molar-refractivity contribution is 7.12. The molecule has 6 nitrogen and oxygen atoms in total. The summed E-state index contributed by atoms with van der Waals surface area (Å²) in [5.41, 5.74) is 0.922. The number of imidazole rings is 1. The van der Waals surface area contributed by atoms with Crippen LogP contribution < -0.4 is 5.32 Å².